The fraction of sp³-hybridized carbons (Fsp3) is 0.238. The summed E-state index contributed by atoms with van der Waals surface area (Å²) in [6, 6.07) is 12.7. The van der Waals surface area contributed by atoms with Gasteiger partial charge in [0.2, 0.25) is 0 Å². The van der Waals surface area contributed by atoms with Crippen LogP contribution in [0.25, 0.3) is 5.69 Å². The van der Waals surface area contributed by atoms with Gasteiger partial charge in [-0.25, -0.2) is 9.67 Å². The second kappa shape index (κ2) is 8.04. The Hall–Kier alpha value is -3.48. The van der Waals surface area contributed by atoms with E-state index in [2.05, 4.69) is 10.1 Å². The fourth-order valence-electron chi connectivity index (χ4n) is 3.08. The lowest BCUT2D eigenvalue weighted by Gasteiger charge is -2.10. The number of benzene rings is 2. The minimum absolute atomic E-state index is 0.175. The molecule has 1 heterocycles. The number of rotatable bonds is 6. The highest BCUT2D eigenvalue weighted by atomic mass is 16.5. The highest BCUT2D eigenvalue weighted by Gasteiger charge is 2.16. The highest BCUT2D eigenvalue weighted by molar-refractivity contribution is 6.01. The average Bonchev–Trinajstić information content (AvgIpc) is 3.01. The maximum Gasteiger partial charge on any atom is 0.280 e. The number of aryl methyl sites for hydroxylation is 1. The van der Waals surface area contributed by atoms with E-state index in [1.165, 1.54) is 4.68 Å². The molecule has 0 spiro atoms. The molecule has 0 bridgehead atoms. The highest BCUT2D eigenvalue weighted by Crippen LogP contribution is 2.37. The largest absolute Gasteiger partial charge is 0.497 e. The summed E-state index contributed by atoms with van der Waals surface area (Å²) < 4.78 is 17.4. The Morgan fingerprint density at radius 2 is 1.71 bits per heavy atom. The van der Waals surface area contributed by atoms with Crippen molar-refractivity contribution in [2.45, 2.75) is 13.8 Å². The van der Waals surface area contributed by atoms with Crippen LogP contribution in [0.2, 0.25) is 0 Å². The molecule has 0 saturated carbocycles. The third-order valence-corrected chi connectivity index (χ3v) is 4.43. The molecule has 0 aliphatic heterocycles. The predicted octanol–water partition coefficient (Wildman–Crippen LogP) is 3.64. The number of nitrogens with zero attached hydrogens (tertiary/aromatic N) is 2. The Balaban J connectivity index is 2.06. The second-order valence-electron chi connectivity index (χ2n) is 6.16. The van der Waals surface area contributed by atoms with Gasteiger partial charge >= 0.3 is 0 Å². The smallest absolute Gasteiger partial charge is 0.280 e. The quantitative estimate of drug-likeness (QED) is 0.661. The molecule has 0 unspecified atom stereocenters. The molecule has 28 heavy (non-hydrogen) atoms. The number of nitrogens with one attached hydrogen (secondary N) is 1. The van der Waals surface area contributed by atoms with E-state index in [1.807, 2.05) is 31.2 Å². The Bertz CT molecular complexity index is 1060. The lowest BCUT2D eigenvalue weighted by molar-refractivity contribution is 0.356. The van der Waals surface area contributed by atoms with Crippen LogP contribution in [0.3, 0.4) is 0 Å². The summed E-state index contributed by atoms with van der Waals surface area (Å²) in [4.78, 5) is 17.6. The molecule has 3 aromatic rings. The zero-order valence-electron chi connectivity index (χ0n) is 16.6. The van der Waals surface area contributed by atoms with Gasteiger partial charge in [0.05, 0.1) is 38.3 Å². The normalized spacial score (nSPS) is 11.4. The maximum absolute atomic E-state index is 13.0. The third-order valence-electron chi connectivity index (χ3n) is 4.43. The van der Waals surface area contributed by atoms with Crippen LogP contribution >= 0.6 is 0 Å². The van der Waals surface area contributed by atoms with E-state index in [9.17, 15) is 4.79 Å². The monoisotopic (exact) mass is 381 g/mol. The first kappa shape index (κ1) is 19.3. The van der Waals surface area contributed by atoms with E-state index in [1.54, 1.807) is 46.5 Å². The van der Waals surface area contributed by atoms with Crippen LogP contribution in [0, 0.1) is 6.92 Å². The lowest BCUT2D eigenvalue weighted by atomic mass is 10.1. The molecule has 0 aliphatic rings. The number of aromatic amines is 1. The fourth-order valence-corrected chi connectivity index (χ4v) is 3.08. The number of hydrogen-bond donors (Lipinski definition) is 1. The van der Waals surface area contributed by atoms with Gasteiger partial charge in [0, 0.05) is 5.69 Å². The molecular formula is C21H23N3O4. The number of aliphatic imine (C=N–C) groups is 1. The SMILES string of the molecule is COc1ccc(-n2[nH]c(C)c(C(C)=Nc3cccc(OC)c3OC)c2=O)cc1. The number of para-hydroxylation sites is 1. The van der Waals surface area contributed by atoms with Crippen LogP contribution in [0.5, 0.6) is 17.2 Å². The van der Waals surface area contributed by atoms with Crippen molar-refractivity contribution < 1.29 is 14.2 Å². The van der Waals surface area contributed by atoms with Crippen molar-refractivity contribution in [1.29, 1.82) is 0 Å². The van der Waals surface area contributed by atoms with Gasteiger partial charge in [-0.1, -0.05) is 6.07 Å². The second-order valence-corrected chi connectivity index (χ2v) is 6.16. The van der Waals surface area contributed by atoms with Crippen LogP contribution in [0.4, 0.5) is 5.69 Å². The first-order valence-corrected chi connectivity index (χ1v) is 8.72. The molecule has 7 heteroatoms. The van der Waals surface area contributed by atoms with E-state index >= 15 is 0 Å². The van der Waals surface area contributed by atoms with E-state index in [-0.39, 0.29) is 5.56 Å². The minimum atomic E-state index is -0.175. The van der Waals surface area contributed by atoms with Gasteiger partial charge in [-0.15, -0.1) is 0 Å². The minimum Gasteiger partial charge on any atom is -0.497 e. The first-order chi connectivity index (χ1) is 13.5. The molecule has 146 valence electrons. The van der Waals surface area contributed by atoms with Crippen molar-refractivity contribution >= 4 is 11.4 Å². The number of methoxy groups -OCH3 is 3. The van der Waals surface area contributed by atoms with Crippen LogP contribution in [-0.4, -0.2) is 36.8 Å². The van der Waals surface area contributed by atoms with E-state index < -0.39 is 0 Å². The van der Waals surface area contributed by atoms with E-state index in [0.717, 1.165) is 11.4 Å². The first-order valence-electron chi connectivity index (χ1n) is 8.72. The Kier molecular flexibility index (Phi) is 5.54. The van der Waals surface area contributed by atoms with Gasteiger partial charge in [0.15, 0.2) is 11.5 Å². The van der Waals surface area contributed by atoms with Crippen molar-refractivity contribution in [2.75, 3.05) is 21.3 Å². The predicted molar refractivity (Wildman–Crippen MR) is 109 cm³/mol. The molecule has 0 atom stereocenters. The summed E-state index contributed by atoms with van der Waals surface area (Å²) in [5, 5.41) is 3.11. The number of H-pyrrole nitrogens is 1. The molecule has 0 aliphatic carbocycles. The van der Waals surface area contributed by atoms with Crippen LogP contribution in [0.1, 0.15) is 18.2 Å². The molecule has 7 nitrogen and oxygen atoms in total. The molecular weight excluding hydrogens is 358 g/mol. The standard InChI is InChI=1S/C21H23N3O4/c1-13(22-17-7-6-8-18(27-4)20(17)28-5)19-14(2)23-24(21(19)25)15-9-11-16(26-3)12-10-15/h6-12,23H,1-5H3. The van der Waals surface area contributed by atoms with E-state index in [4.69, 9.17) is 14.2 Å². The zero-order valence-corrected chi connectivity index (χ0v) is 16.6. The molecule has 1 aromatic heterocycles. The molecule has 0 fully saturated rings. The Morgan fingerprint density at radius 1 is 1.00 bits per heavy atom. The van der Waals surface area contributed by atoms with Crippen molar-refractivity contribution in [3.63, 3.8) is 0 Å². The summed E-state index contributed by atoms with van der Waals surface area (Å²) in [6.45, 7) is 3.65. The van der Waals surface area contributed by atoms with Crippen molar-refractivity contribution in [3.05, 3.63) is 64.1 Å². The van der Waals surface area contributed by atoms with Gasteiger partial charge in [0.1, 0.15) is 11.4 Å². The van der Waals surface area contributed by atoms with Gasteiger partial charge in [-0.3, -0.25) is 9.89 Å². The van der Waals surface area contributed by atoms with Gasteiger partial charge in [-0.05, 0) is 50.2 Å². The summed E-state index contributed by atoms with van der Waals surface area (Å²) in [5.74, 6) is 1.83. The summed E-state index contributed by atoms with van der Waals surface area (Å²) in [6.07, 6.45) is 0. The number of hydrogen-bond acceptors (Lipinski definition) is 5. The molecule has 0 amide bonds. The number of aromatic nitrogens is 2. The van der Waals surface area contributed by atoms with Crippen molar-refractivity contribution in [1.82, 2.24) is 9.78 Å². The van der Waals surface area contributed by atoms with Gasteiger partial charge in [0.25, 0.3) is 5.56 Å². The van der Waals surface area contributed by atoms with Gasteiger partial charge < -0.3 is 14.2 Å². The van der Waals surface area contributed by atoms with E-state index in [0.29, 0.717) is 34.1 Å². The van der Waals surface area contributed by atoms with Crippen molar-refractivity contribution in [3.8, 4) is 22.9 Å². The third kappa shape index (κ3) is 3.51. The number of ether oxygens (including phenoxy) is 3. The molecule has 1 N–H and O–H groups in total. The van der Waals surface area contributed by atoms with Crippen molar-refractivity contribution in [2.24, 2.45) is 4.99 Å². The summed E-state index contributed by atoms with van der Waals surface area (Å²) in [7, 11) is 4.73. The van der Waals surface area contributed by atoms with Crippen LogP contribution in [-0.2, 0) is 0 Å². The van der Waals surface area contributed by atoms with Gasteiger partial charge in [-0.2, -0.15) is 0 Å². The topological polar surface area (TPSA) is 77.8 Å². The summed E-state index contributed by atoms with van der Waals surface area (Å²) in [5.41, 5.74) is 2.95. The molecule has 2 aromatic carbocycles. The lowest BCUT2D eigenvalue weighted by Crippen LogP contribution is -2.19. The molecule has 0 radical (unpaired) electrons. The zero-order chi connectivity index (χ0) is 20.3. The summed E-state index contributed by atoms with van der Waals surface area (Å²) >= 11 is 0. The average molecular weight is 381 g/mol. The van der Waals surface area contributed by atoms with Crippen LogP contribution in [0.15, 0.2) is 52.3 Å². The Morgan fingerprint density at radius 3 is 2.32 bits per heavy atom. The Labute approximate surface area is 163 Å². The van der Waals surface area contributed by atoms with Crippen LogP contribution < -0.4 is 19.8 Å². The molecule has 3 rings (SSSR count). The molecule has 0 saturated heterocycles. The maximum atomic E-state index is 13.0.